The fourth-order valence-corrected chi connectivity index (χ4v) is 7.86. The number of benzene rings is 1. The molecule has 18 heteroatoms. The van der Waals surface area contributed by atoms with E-state index >= 15 is 4.39 Å². The van der Waals surface area contributed by atoms with Crippen LogP contribution >= 0.6 is 7.82 Å². The number of fused-ring (bicyclic) bond motifs is 1. The minimum absolute atomic E-state index is 0.0365. The first kappa shape index (κ1) is 47.8. The van der Waals surface area contributed by atoms with Gasteiger partial charge >= 0.3 is 7.82 Å². The number of nitriles is 1. The molecular formula is C41H60FN6O10P. The second kappa shape index (κ2) is 24.4. The lowest BCUT2D eigenvalue weighted by atomic mass is 9.92. The lowest BCUT2D eigenvalue weighted by molar-refractivity contribution is -0.0652. The van der Waals surface area contributed by atoms with Crippen LogP contribution in [0.2, 0.25) is 0 Å². The number of nitrogens with zero attached hydrogens (tertiary/aromatic N) is 5. The third-order valence-corrected chi connectivity index (χ3v) is 11.4. The molecule has 0 bridgehead atoms. The Kier molecular flexibility index (Phi) is 19.7. The second-order valence-corrected chi connectivity index (χ2v) is 16.3. The van der Waals surface area contributed by atoms with Crippen LogP contribution in [-0.4, -0.2) is 87.7 Å². The summed E-state index contributed by atoms with van der Waals surface area (Å²) in [7, 11) is -3.70. The predicted octanol–water partition coefficient (Wildman–Crippen LogP) is 7.71. The summed E-state index contributed by atoms with van der Waals surface area (Å²) in [5.74, 6) is -1.46. The van der Waals surface area contributed by atoms with Crippen LogP contribution in [0, 0.1) is 23.7 Å². The summed E-state index contributed by atoms with van der Waals surface area (Å²) < 4.78 is 62.4. The van der Waals surface area contributed by atoms with Crippen molar-refractivity contribution in [2.24, 2.45) is 0 Å². The van der Waals surface area contributed by atoms with Gasteiger partial charge in [-0.3, -0.25) is 9.05 Å². The Morgan fingerprint density at radius 1 is 1.00 bits per heavy atom. The topological polar surface area (TPSA) is 217 Å². The minimum Gasteiger partial charge on any atom is -0.505 e. The fraction of sp³-hybridized carbons (Fsp3) is 0.659. The molecule has 5 N–H and O–H groups in total. The van der Waals surface area contributed by atoms with Gasteiger partial charge in [0.2, 0.25) is 11.3 Å². The summed E-state index contributed by atoms with van der Waals surface area (Å²) in [6, 6.07) is 7.38. The molecule has 4 rings (SSSR count). The van der Waals surface area contributed by atoms with Crippen molar-refractivity contribution in [3.05, 3.63) is 53.5 Å². The van der Waals surface area contributed by atoms with Crippen molar-refractivity contribution < 1.29 is 52.1 Å². The molecule has 2 aromatic heterocycles. The normalized spacial score (nSPS) is 20.6. The number of ether oxygens (including phenoxy) is 4. The fourth-order valence-electron chi connectivity index (χ4n) is 7.10. The van der Waals surface area contributed by atoms with Crippen LogP contribution in [0.1, 0.15) is 115 Å². The van der Waals surface area contributed by atoms with E-state index in [1.165, 1.54) is 113 Å². The van der Waals surface area contributed by atoms with E-state index in [0.717, 1.165) is 32.0 Å². The maximum absolute atomic E-state index is 15.3. The first-order chi connectivity index (χ1) is 28.5. The third-order valence-electron chi connectivity index (χ3n) is 10.4. The molecule has 59 heavy (non-hydrogen) atoms. The van der Waals surface area contributed by atoms with Gasteiger partial charge in [-0.05, 0) is 30.7 Å². The molecule has 3 heterocycles. The molecular weight excluding hydrogens is 786 g/mol. The summed E-state index contributed by atoms with van der Waals surface area (Å²) in [5, 5.41) is 36.0. The third kappa shape index (κ3) is 13.6. The Morgan fingerprint density at radius 3 is 2.22 bits per heavy atom. The maximum atomic E-state index is 15.3. The van der Waals surface area contributed by atoms with Gasteiger partial charge in [0.15, 0.2) is 23.1 Å². The summed E-state index contributed by atoms with van der Waals surface area (Å²) >= 11 is 0. The summed E-state index contributed by atoms with van der Waals surface area (Å²) in [4.78, 5) is 17.7. The van der Waals surface area contributed by atoms with Crippen LogP contribution in [0.4, 0.5) is 15.9 Å². The zero-order valence-corrected chi connectivity index (χ0v) is 35.1. The molecule has 1 unspecified atom stereocenters. The Hall–Kier alpha value is -3.90. The van der Waals surface area contributed by atoms with Crippen molar-refractivity contribution in [3.63, 3.8) is 0 Å². The van der Waals surface area contributed by atoms with Gasteiger partial charge in [-0.25, -0.2) is 23.3 Å². The molecule has 0 saturated carbocycles. The molecule has 1 aliphatic rings. The number of hydrogen-bond acceptors (Lipinski definition) is 13. The number of phosphoric acid groups is 1. The smallest absolute Gasteiger partial charge is 0.472 e. The van der Waals surface area contributed by atoms with E-state index in [1.54, 1.807) is 0 Å². The first-order valence-corrected chi connectivity index (χ1v) is 22.2. The summed E-state index contributed by atoms with van der Waals surface area (Å²) in [6.45, 7) is 8.36. The Labute approximate surface area is 346 Å². The molecule has 6 atom stereocenters. The number of aliphatic hydroxyl groups excluding tert-OH is 2. The van der Waals surface area contributed by atoms with Crippen molar-refractivity contribution in [1.82, 2.24) is 14.6 Å². The number of halogens is 1. The number of rotatable bonds is 29. The van der Waals surface area contributed by atoms with Gasteiger partial charge in [-0.15, -0.1) is 0 Å². The minimum atomic E-state index is -4.92. The van der Waals surface area contributed by atoms with Crippen molar-refractivity contribution in [3.8, 4) is 17.6 Å². The van der Waals surface area contributed by atoms with Crippen molar-refractivity contribution >= 4 is 24.8 Å². The average Bonchev–Trinajstić information content (AvgIpc) is 3.78. The number of nitrogen functional groups attached to an aromatic ring is 1. The van der Waals surface area contributed by atoms with Crippen molar-refractivity contribution in [1.29, 1.82) is 5.26 Å². The highest BCUT2D eigenvalue weighted by Crippen LogP contribution is 2.46. The number of aliphatic hydroxyl groups is 2. The summed E-state index contributed by atoms with van der Waals surface area (Å²) in [5.41, 5.74) is 4.04. The van der Waals surface area contributed by atoms with Gasteiger partial charge in [0.25, 0.3) is 0 Å². The van der Waals surface area contributed by atoms with Crippen molar-refractivity contribution in [2.75, 3.05) is 39.3 Å². The quantitative estimate of drug-likeness (QED) is 0.0299. The van der Waals surface area contributed by atoms with Crippen LogP contribution in [0.3, 0.4) is 0 Å². The molecule has 1 saturated heterocycles. The Bertz CT molecular complexity index is 1870. The zero-order chi connectivity index (χ0) is 42.7. The Balaban J connectivity index is 1.24. The number of aromatic nitrogens is 3. The van der Waals surface area contributed by atoms with Crippen LogP contribution in [0.15, 0.2) is 30.6 Å². The molecule has 0 radical (unpaired) electrons. The highest BCUT2D eigenvalue weighted by molar-refractivity contribution is 7.47. The van der Waals surface area contributed by atoms with Crippen LogP contribution in [0.5, 0.6) is 11.5 Å². The highest BCUT2D eigenvalue weighted by Gasteiger charge is 2.58. The molecule has 0 spiro atoms. The van der Waals surface area contributed by atoms with E-state index in [4.69, 9.17) is 40.3 Å². The molecule has 3 aromatic rings. The average molecular weight is 847 g/mol. The van der Waals surface area contributed by atoms with Gasteiger partial charge in [-0.1, -0.05) is 103 Å². The van der Waals surface area contributed by atoms with E-state index in [2.05, 4.69) is 21.9 Å². The number of hydrogen-bond donors (Lipinski definition) is 4. The van der Waals surface area contributed by atoms with E-state index in [1.807, 2.05) is 6.07 Å². The molecule has 326 valence electrons. The van der Waals surface area contributed by atoms with Crippen molar-refractivity contribution in [2.45, 2.75) is 140 Å². The highest BCUT2D eigenvalue weighted by atomic mass is 31.2. The predicted molar refractivity (Wildman–Crippen MR) is 217 cm³/mol. The monoisotopic (exact) mass is 846 g/mol. The second-order valence-electron chi connectivity index (χ2n) is 14.8. The number of methoxy groups -OCH3 is 1. The van der Waals surface area contributed by atoms with E-state index in [0.29, 0.717) is 12.1 Å². The zero-order valence-electron chi connectivity index (χ0n) is 34.2. The summed E-state index contributed by atoms with van der Waals surface area (Å²) in [6.07, 6.45) is 14.8. The van der Waals surface area contributed by atoms with Gasteiger partial charge in [0.05, 0.1) is 39.2 Å². The number of phosphoric ester groups is 1. The Morgan fingerprint density at radius 2 is 1.63 bits per heavy atom. The maximum Gasteiger partial charge on any atom is 0.472 e. The first-order valence-electron chi connectivity index (χ1n) is 20.7. The molecule has 1 fully saturated rings. The van der Waals surface area contributed by atoms with E-state index in [9.17, 15) is 24.9 Å². The van der Waals surface area contributed by atoms with Gasteiger partial charge in [-0.2, -0.15) is 10.4 Å². The van der Waals surface area contributed by atoms with Crippen LogP contribution < -0.4 is 15.2 Å². The van der Waals surface area contributed by atoms with E-state index in [-0.39, 0.29) is 35.3 Å². The van der Waals surface area contributed by atoms with Gasteiger partial charge in [0.1, 0.15) is 42.3 Å². The molecule has 0 aliphatic carbocycles. The lowest BCUT2D eigenvalue weighted by Crippen LogP contribution is -2.41. The van der Waals surface area contributed by atoms with Gasteiger partial charge < -0.3 is 39.8 Å². The lowest BCUT2D eigenvalue weighted by Gasteiger charge is -2.24. The number of unbranched alkanes of at least 4 members (excludes halogenated alkanes) is 15. The molecule has 1 aromatic carbocycles. The van der Waals surface area contributed by atoms with E-state index < -0.39 is 56.9 Å². The van der Waals surface area contributed by atoms with Gasteiger partial charge in [0, 0.05) is 6.61 Å². The standard InChI is InChI=1S/C41H60FN6O10P/c1-4-5-6-7-8-9-10-11-12-13-14-15-16-17-18-19-24-54-25-30(57-33-22-20-31(45-2)38(53-3)36(33)42)26-55-59(51,52)56-27-34-37(49)39(50)41(28-43,58-34)35-23-21-32-40(44)46-29-47-48(32)35/h20-23,29-30,34,37,39,49-50H,4-19,24-27H2,1,3H3,(H,51,52)(H2,44,46,47)/t30-,34-,37-,39-,41+/m1/s1. The SMILES string of the molecule is [C-]#[N+]c1ccc(O[C@H](COCCCCCCCCCCCCCCCCCC)COP(=O)(O)OC[C@H]2O[C@@](C#N)(c3ccc4c(N)ncnn34)[C@H](O)[C@@H]2O)c(F)c1OC. The van der Waals surface area contributed by atoms with Crippen LogP contribution in [-0.2, 0) is 28.7 Å². The largest absolute Gasteiger partial charge is 0.505 e. The molecule has 1 aliphatic heterocycles. The number of nitrogens with two attached hydrogens (primary N) is 1. The molecule has 0 amide bonds. The molecule has 16 nitrogen and oxygen atoms in total. The van der Waals surface area contributed by atoms with Crippen LogP contribution in [0.25, 0.3) is 10.4 Å². The number of anilines is 1.